The lowest BCUT2D eigenvalue weighted by Crippen LogP contribution is -2.48. The van der Waals surface area contributed by atoms with E-state index < -0.39 is 0 Å². The molecule has 2 rings (SSSR count). The third-order valence-corrected chi connectivity index (χ3v) is 4.57. The van der Waals surface area contributed by atoms with Crippen LogP contribution in [0.4, 0.5) is 0 Å². The monoisotopic (exact) mass is 330 g/mol. The zero-order valence-corrected chi connectivity index (χ0v) is 15.8. The van der Waals surface area contributed by atoms with E-state index in [0.717, 1.165) is 38.6 Å². The lowest BCUT2D eigenvalue weighted by Gasteiger charge is -2.33. The first-order valence-corrected chi connectivity index (χ1v) is 9.20. The number of guanidine groups is 1. The third kappa shape index (κ3) is 6.91. The minimum absolute atomic E-state index is 0.356. The van der Waals surface area contributed by atoms with Crippen LogP contribution in [0, 0.1) is 5.41 Å². The molecule has 0 atom stereocenters. The van der Waals surface area contributed by atoms with Crippen LogP contribution in [0.5, 0.6) is 0 Å². The van der Waals surface area contributed by atoms with E-state index in [1.807, 2.05) is 7.05 Å². The summed E-state index contributed by atoms with van der Waals surface area (Å²) in [6, 6.07) is 11.3. The van der Waals surface area contributed by atoms with Crippen molar-refractivity contribution in [2.75, 3.05) is 26.7 Å². The highest BCUT2D eigenvalue weighted by Crippen LogP contribution is 2.17. The van der Waals surface area contributed by atoms with E-state index in [0.29, 0.717) is 11.5 Å². The highest BCUT2D eigenvalue weighted by molar-refractivity contribution is 5.79. The Balaban J connectivity index is 1.69. The van der Waals surface area contributed by atoms with E-state index in [-0.39, 0.29) is 0 Å². The second kappa shape index (κ2) is 9.07. The van der Waals surface area contributed by atoms with Crippen LogP contribution in [-0.2, 0) is 6.54 Å². The number of benzene rings is 1. The number of nitrogens with one attached hydrogen (secondary N) is 2. The maximum absolute atomic E-state index is 4.37. The Morgan fingerprint density at radius 2 is 1.83 bits per heavy atom. The molecule has 0 bridgehead atoms. The number of aliphatic imine (C=N–C) groups is 1. The van der Waals surface area contributed by atoms with Crippen LogP contribution in [-0.4, -0.2) is 43.6 Å². The Bertz CT molecular complexity index is 496. The van der Waals surface area contributed by atoms with Gasteiger partial charge in [0.05, 0.1) is 0 Å². The van der Waals surface area contributed by atoms with Gasteiger partial charge in [0.25, 0.3) is 0 Å². The zero-order valence-electron chi connectivity index (χ0n) is 15.8. The first-order chi connectivity index (χ1) is 11.5. The standard InChI is InChI=1S/C20H34N4/c1-20(2,3)12-13-22-19(21-4)23-18-10-14-24(15-11-18)16-17-8-6-5-7-9-17/h5-9,18H,10-16H2,1-4H3,(H2,21,22,23). The second-order valence-corrected chi connectivity index (χ2v) is 7.99. The fourth-order valence-electron chi connectivity index (χ4n) is 3.02. The van der Waals surface area contributed by atoms with E-state index in [1.54, 1.807) is 0 Å². The molecule has 0 radical (unpaired) electrons. The molecule has 1 heterocycles. The summed E-state index contributed by atoms with van der Waals surface area (Å²) in [5.41, 5.74) is 1.76. The molecule has 134 valence electrons. The van der Waals surface area contributed by atoms with Gasteiger partial charge in [-0.1, -0.05) is 51.1 Å². The van der Waals surface area contributed by atoms with Crippen molar-refractivity contribution in [3.63, 3.8) is 0 Å². The van der Waals surface area contributed by atoms with Crippen molar-refractivity contribution in [1.82, 2.24) is 15.5 Å². The molecule has 4 nitrogen and oxygen atoms in total. The van der Waals surface area contributed by atoms with Crippen molar-refractivity contribution in [2.24, 2.45) is 10.4 Å². The molecule has 0 amide bonds. The van der Waals surface area contributed by atoms with Gasteiger partial charge in [0.15, 0.2) is 5.96 Å². The molecule has 1 aromatic carbocycles. The minimum Gasteiger partial charge on any atom is -0.356 e. The fourth-order valence-corrected chi connectivity index (χ4v) is 3.02. The van der Waals surface area contributed by atoms with Crippen LogP contribution in [0.3, 0.4) is 0 Å². The molecule has 1 fully saturated rings. The number of hydrogen-bond acceptors (Lipinski definition) is 2. The van der Waals surface area contributed by atoms with Gasteiger partial charge in [0.2, 0.25) is 0 Å². The molecule has 1 aliphatic heterocycles. The molecule has 2 N–H and O–H groups in total. The van der Waals surface area contributed by atoms with Gasteiger partial charge in [-0.15, -0.1) is 0 Å². The minimum atomic E-state index is 0.356. The van der Waals surface area contributed by atoms with E-state index in [9.17, 15) is 0 Å². The van der Waals surface area contributed by atoms with Crippen molar-refractivity contribution in [2.45, 2.75) is 52.6 Å². The molecular weight excluding hydrogens is 296 g/mol. The lowest BCUT2D eigenvalue weighted by atomic mass is 9.92. The quantitative estimate of drug-likeness (QED) is 0.643. The Kier molecular flexibility index (Phi) is 7.10. The molecule has 0 spiro atoms. The maximum atomic E-state index is 4.37. The SMILES string of the molecule is CN=C(NCCC(C)(C)C)NC1CCN(Cc2ccccc2)CC1. The summed E-state index contributed by atoms with van der Waals surface area (Å²) in [5.74, 6) is 0.945. The summed E-state index contributed by atoms with van der Waals surface area (Å²) in [6.07, 6.45) is 3.49. The average molecular weight is 331 g/mol. The Morgan fingerprint density at radius 1 is 1.17 bits per heavy atom. The van der Waals surface area contributed by atoms with Gasteiger partial charge in [0.1, 0.15) is 0 Å². The van der Waals surface area contributed by atoms with Gasteiger partial charge in [-0.25, -0.2) is 0 Å². The molecule has 1 aromatic rings. The van der Waals surface area contributed by atoms with Gasteiger partial charge in [-0.05, 0) is 30.2 Å². The van der Waals surface area contributed by atoms with Crippen molar-refractivity contribution in [3.05, 3.63) is 35.9 Å². The molecule has 1 aliphatic rings. The van der Waals surface area contributed by atoms with Gasteiger partial charge in [-0.2, -0.15) is 0 Å². The predicted molar refractivity (Wildman–Crippen MR) is 103 cm³/mol. The summed E-state index contributed by atoms with van der Waals surface area (Å²) in [5, 5.41) is 7.04. The van der Waals surface area contributed by atoms with Crippen LogP contribution in [0.25, 0.3) is 0 Å². The number of hydrogen-bond donors (Lipinski definition) is 2. The Morgan fingerprint density at radius 3 is 2.42 bits per heavy atom. The molecule has 0 unspecified atom stereocenters. The lowest BCUT2D eigenvalue weighted by molar-refractivity contribution is 0.198. The van der Waals surface area contributed by atoms with Crippen LogP contribution < -0.4 is 10.6 Å². The van der Waals surface area contributed by atoms with Crippen LogP contribution in [0.2, 0.25) is 0 Å². The maximum Gasteiger partial charge on any atom is 0.191 e. The molecule has 24 heavy (non-hydrogen) atoms. The molecule has 0 saturated carbocycles. The summed E-state index contributed by atoms with van der Waals surface area (Å²) in [7, 11) is 1.86. The highest BCUT2D eigenvalue weighted by Gasteiger charge is 2.20. The van der Waals surface area contributed by atoms with Gasteiger partial charge < -0.3 is 10.6 Å². The third-order valence-electron chi connectivity index (χ3n) is 4.57. The summed E-state index contributed by atoms with van der Waals surface area (Å²) in [4.78, 5) is 6.91. The summed E-state index contributed by atoms with van der Waals surface area (Å²) < 4.78 is 0. The predicted octanol–water partition coefficient (Wildman–Crippen LogP) is 3.25. The van der Waals surface area contributed by atoms with Crippen LogP contribution >= 0.6 is 0 Å². The van der Waals surface area contributed by atoms with E-state index >= 15 is 0 Å². The first kappa shape index (κ1) is 18.8. The Labute approximate surface area is 147 Å². The van der Waals surface area contributed by atoms with Gasteiger partial charge in [-0.3, -0.25) is 9.89 Å². The van der Waals surface area contributed by atoms with Crippen molar-refractivity contribution < 1.29 is 0 Å². The fraction of sp³-hybridized carbons (Fsp3) is 0.650. The molecule has 1 saturated heterocycles. The second-order valence-electron chi connectivity index (χ2n) is 7.99. The largest absolute Gasteiger partial charge is 0.356 e. The van der Waals surface area contributed by atoms with Crippen LogP contribution in [0.1, 0.15) is 45.6 Å². The molecular formula is C20H34N4. The van der Waals surface area contributed by atoms with Crippen molar-refractivity contribution in [1.29, 1.82) is 0 Å². The topological polar surface area (TPSA) is 39.7 Å². The van der Waals surface area contributed by atoms with Gasteiger partial charge >= 0.3 is 0 Å². The van der Waals surface area contributed by atoms with E-state index in [2.05, 4.69) is 71.6 Å². The molecule has 0 aliphatic carbocycles. The average Bonchev–Trinajstić information content (AvgIpc) is 2.55. The highest BCUT2D eigenvalue weighted by atomic mass is 15.2. The van der Waals surface area contributed by atoms with E-state index in [1.165, 1.54) is 18.4 Å². The number of nitrogens with zero attached hydrogens (tertiary/aromatic N) is 2. The molecule has 0 aromatic heterocycles. The van der Waals surface area contributed by atoms with Crippen LogP contribution in [0.15, 0.2) is 35.3 Å². The Hall–Kier alpha value is -1.55. The van der Waals surface area contributed by atoms with E-state index in [4.69, 9.17) is 0 Å². The smallest absolute Gasteiger partial charge is 0.191 e. The summed E-state index contributed by atoms with van der Waals surface area (Å²) >= 11 is 0. The number of rotatable bonds is 5. The normalized spacial score (nSPS) is 17.8. The number of piperidine rings is 1. The van der Waals surface area contributed by atoms with Crippen molar-refractivity contribution in [3.8, 4) is 0 Å². The number of likely N-dealkylation sites (tertiary alicyclic amines) is 1. The zero-order chi connectivity index (χ0) is 17.4. The first-order valence-electron chi connectivity index (χ1n) is 9.20. The van der Waals surface area contributed by atoms with Crippen molar-refractivity contribution >= 4 is 5.96 Å². The molecule has 4 heteroatoms. The van der Waals surface area contributed by atoms with Gasteiger partial charge in [0, 0.05) is 39.3 Å². The summed E-state index contributed by atoms with van der Waals surface area (Å²) in [6.45, 7) is 11.1.